The Bertz CT molecular complexity index is 9.61. The van der Waals surface area contributed by atoms with Crippen molar-refractivity contribution in [2.75, 3.05) is 0 Å². The van der Waals surface area contributed by atoms with Gasteiger partial charge in [0.2, 0.25) is 0 Å². The van der Waals surface area contributed by atoms with Gasteiger partial charge < -0.3 is 1.43 Å². The zero-order chi connectivity index (χ0) is 2.71. The molecule has 0 N–H and O–H groups in total. The predicted octanol–water partition coefficient (Wildman–Crippen LogP) is -2.63. The molecule has 0 aliphatic rings. The largest absolute Gasteiger partial charge is 1.00 e. The molecule has 0 unspecified atom stereocenters. The van der Waals surface area contributed by atoms with Gasteiger partial charge in [-0.05, 0) is 0 Å². The SMILES string of the molecule is C[SiH2]C.[H-].[Li+]. The van der Waals surface area contributed by atoms with Crippen LogP contribution >= 0.6 is 0 Å². The smallest absolute Gasteiger partial charge is 1.00 e. The molecule has 4 heavy (non-hydrogen) atoms. The fraction of sp³-hybridized carbons (Fsp3) is 1.00. The normalized spacial score (nSPS) is 4.50. The van der Waals surface area contributed by atoms with E-state index in [2.05, 4.69) is 13.1 Å². The summed E-state index contributed by atoms with van der Waals surface area (Å²) in [7, 11) is 0.417. The first-order chi connectivity index (χ1) is 1.41. The van der Waals surface area contributed by atoms with E-state index >= 15 is 0 Å². The molecule has 0 heterocycles. The minimum Gasteiger partial charge on any atom is -1.00 e. The molecule has 2 heteroatoms. The van der Waals surface area contributed by atoms with Crippen molar-refractivity contribution >= 4 is 9.52 Å². The molecule has 0 spiro atoms. The van der Waals surface area contributed by atoms with E-state index in [0.29, 0.717) is 9.52 Å². The van der Waals surface area contributed by atoms with Crippen molar-refractivity contribution < 1.29 is 20.3 Å². The van der Waals surface area contributed by atoms with Crippen LogP contribution in [0.15, 0.2) is 0 Å². The second-order valence-electron chi connectivity index (χ2n) is 0.707. The van der Waals surface area contributed by atoms with E-state index in [9.17, 15) is 0 Å². The standard InChI is InChI=1S/C2H8Si.Li.H/c1-3-2;;/h3H2,1-2H3;;/q;+1;-1. The van der Waals surface area contributed by atoms with Gasteiger partial charge in [-0.2, -0.15) is 0 Å². The third kappa shape index (κ3) is 14.0. The molecule has 0 bridgehead atoms. The Labute approximate surface area is 43.5 Å². The third-order valence-electron chi connectivity index (χ3n) is 0. The summed E-state index contributed by atoms with van der Waals surface area (Å²) in [5.74, 6) is 0. The fourth-order valence-electron chi connectivity index (χ4n) is 0. The van der Waals surface area contributed by atoms with E-state index in [1.165, 1.54) is 0 Å². The molecule has 0 atom stereocenters. The Balaban J connectivity index is -0.0000000200. The molecule has 0 aromatic rings. The average Bonchev–Trinajstić information content (AvgIpc) is 0.918. The van der Waals surface area contributed by atoms with Crippen molar-refractivity contribution in [2.45, 2.75) is 13.1 Å². The number of hydrogen-bond acceptors (Lipinski definition) is 0. The van der Waals surface area contributed by atoms with Crippen LogP contribution in [-0.2, 0) is 0 Å². The molecular weight excluding hydrogens is 59.0 g/mol. The van der Waals surface area contributed by atoms with Crippen LogP contribution in [0.5, 0.6) is 0 Å². The van der Waals surface area contributed by atoms with E-state index in [0.717, 1.165) is 0 Å². The van der Waals surface area contributed by atoms with Gasteiger partial charge in [-0.25, -0.2) is 0 Å². The van der Waals surface area contributed by atoms with Crippen molar-refractivity contribution in [3.63, 3.8) is 0 Å². The Morgan fingerprint density at radius 2 is 1.50 bits per heavy atom. The van der Waals surface area contributed by atoms with Crippen molar-refractivity contribution in [2.24, 2.45) is 0 Å². The van der Waals surface area contributed by atoms with Crippen molar-refractivity contribution in [3.8, 4) is 0 Å². The zero-order valence-electron chi connectivity index (χ0n) is 4.71. The van der Waals surface area contributed by atoms with Gasteiger partial charge in [-0.15, -0.1) is 0 Å². The Morgan fingerprint density at radius 1 is 1.50 bits per heavy atom. The summed E-state index contributed by atoms with van der Waals surface area (Å²) in [6.45, 7) is 4.53. The summed E-state index contributed by atoms with van der Waals surface area (Å²) >= 11 is 0. The maximum absolute atomic E-state index is 2.26. The number of hydrogen-bond donors (Lipinski definition) is 0. The predicted molar refractivity (Wildman–Crippen MR) is 21.4 cm³/mol. The van der Waals surface area contributed by atoms with Gasteiger partial charge in [0.1, 0.15) is 0 Å². The van der Waals surface area contributed by atoms with Gasteiger partial charge in [0, 0.05) is 9.52 Å². The molecule has 0 fully saturated rings. The summed E-state index contributed by atoms with van der Waals surface area (Å²) in [6, 6.07) is 0. The molecule has 0 amide bonds. The van der Waals surface area contributed by atoms with Gasteiger partial charge in [-0.3, -0.25) is 0 Å². The maximum atomic E-state index is 2.26. The second kappa shape index (κ2) is 9.18. The van der Waals surface area contributed by atoms with Crippen LogP contribution in [0.2, 0.25) is 13.1 Å². The van der Waals surface area contributed by atoms with Gasteiger partial charge in [0.25, 0.3) is 0 Å². The van der Waals surface area contributed by atoms with Crippen molar-refractivity contribution in [3.05, 3.63) is 0 Å². The van der Waals surface area contributed by atoms with E-state index in [4.69, 9.17) is 0 Å². The third-order valence-corrected chi connectivity index (χ3v) is 0. The minimum absolute atomic E-state index is 0. The molecule has 22 valence electrons. The molecule has 0 radical (unpaired) electrons. The van der Waals surface area contributed by atoms with E-state index in [1.54, 1.807) is 0 Å². The van der Waals surface area contributed by atoms with Crippen molar-refractivity contribution in [1.82, 2.24) is 0 Å². The molecule has 0 aromatic carbocycles. The van der Waals surface area contributed by atoms with Crippen LogP contribution in [-0.4, -0.2) is 9.52 Å². The molecule has 0 aliphatic carbocycles. The molecule has 0 saturated carbocycles. The average molecular weight is 68.1 g/mol. The first-order valence-electron chi connectivity index (χ1n) is 1.41. The molecule has 0 nitrogen and oxygen atoms in total. The minimum atomic E-state index is 0. The van der Waals surface area contributed by atoms with E-state index in [1.807, 2.05) is 0 Å². The fourth-order valence-corrected chi connectivity index (χ4v) is 0. The Hall–Kier alpha value is 0.814. The van der Waals surface area contributed by atoms with Crippen LogP contribution in [0, 0.1) is 0 Å². The van der Waals surface area contributed by atoms with Crippen LogP contribution in [0.1, 0.15) is 1.43 Å². The van der Waals surface area contributed by atoms with Crippen LogP contribution < -0.4 is 18.9 Å². The van der Waals surface area contributed by atoms with Crippen LogP contribution in [0.25, 0.3) is 0 Å². The molecular formula is C2H9LiSi. The van der Waals surface area contributed by atoms with Crippen molar-refractivity contribution in [1.29, 1.82) is 0 Å². The number of rotatable bonds is 0. The van der Waals surface area contributed by atoms with Crippen LogP contribution in [0.4, 0.5) is 0 Å². The topological polar surface area (TPSA) is 0 Å². The molecule has 0 rings (SSSR count). The first kappa shape index (κ1) is 8.84. The Morgan fingerprint density at radius 3 is 1.50 bits per heavy atom. The summed E-state index contributed by atoms with van der Waals surface area (Å²) < 4.78 is 0. The monoisotopic (exact) mass is 68.1 g/mol. The van der Waals surface area contributed by atoms with Gasteiger partial charge in [0.05, 0.1) is 0 Å². The van der Waals surface area contributed by atoms with E-state index < -0.39 is 0 Å². The first-order valence-corrected chi connectivity index (χ1v) is 4.24. The van der Waals surface area contributed by atoms with E-state index in [-0.39, 0.29) is 20.3 Å². The summed E-state index contributed by atoms with van der Waals surface area (Å²) in [5.41, 5.74) is 0. The summed E-state index contributed by atoms with van der Waals surface area (Å²) in [5, 5.41) is 0. The quantitative estimate of drug-likeness (QED) is 0.272. The zero-order valence-corrected chi connectivity index (χ0v) is 5.12. The van der Waals surface area contributed by atoms with Gasteiger partial charge in [0.15, 0.2) is 0 Å². The second-order valence-corrected chi connectivity index (χ2v) is 2.12. The van der Waals surface area contributed by atoms with Gasteiger partial charge >= 0.3 is 18.9 Å². The molecule has 0 aliphatic heterocycles. The van der Waals surface area contributed by atoms with Crippen LogP contribution in [0.3, 0.4) is 0 Å². The Kier molecular flexibility index (Phi) is 20.3. The van der Waals surface area contributed by atoms with Gasteiger partial charge in [-0.1, -0.05) is 13.1 Å². The maximum Gasteiger partial charge on any atom is 1.00 e. The summed E-state index contributed by atoms with van der Waals surface area (Å²) in [4.78, 5) is 0. The molecule has 0 aromatic heterocycles. The molecule has 0 saturated heterocycles. The summed E-state index contributed by atoms with van der Waals surface area (Å²) in [6.07, 6.45) is 0.